The van der Waals surface area contributed by atoms with Gasteiger partial charge in [0.15, 0.2) is 5.65 Å². The molecule has 0 aliphatic rings. The zero-order valence-electron chi connectivity index (χ0n) is 7.89. The van der Waals surface area contributed by atoms with Gasteiger partial charge in [-0.25, -0.2) is 9.97 Å². The van der Waals surface area contributed by atoms with E-state index in [9.17, 15) is 4.79 Å². The molecule has 14 heavy (non-hydrogen) atoms. The molecule has 0 spiro atoms. The highest BCUT2D eigenvalue weighted by Crippen LogP contribution is 2.13. The van der Waals surface area contributed by atoms with Crippen LogP contribution in [0.2, 0.25) is 0 Å². The molecule has 5 nitrogen and oxygen atoms in total. The lowest BCUT2D eigenvalue weighted by atomic mass is 10.4. The molecule has 0 unspecified atom stereocenters. The van der Waals surface area contributed by atoms with Gasteiger partial charge in [-0.3, -0.25) is 4.79 Å². The van der Waals surface area contributed by atoms with Gasteiger partial charge in [-0.2, -0.15) is 0 Å². The van der Waals surface area contributed by atoms with Crippen LogP contribution in [0.25, 0.3) is 11.2 Å². The fourth-order valence-corrected chi connectivity index (χ4v) is 1.21. The molecular formula is C9H9N3O2. The zero-order valence-corrected chi connectivity index (χ0v) is 7.89. The molecule has 0 amide bonds. The molecule has 0 bridgehead atoms. The van der Waals surface area contributed by atoms with Crippen molar-refractivity contribution in [3.8, 4) is 5.75 Å². The third kappa shape index (κ3) is 1.22. The molecule has 0 atom stereocenters. The second-order valence-corrected chi connectivity index (χ2v) is 2.87. The van der Waals surface area contributed by atoms with Crippen LogP contribution in [0, 0.1) is 0 Å². The monoisotopic (exact) mass is 191 g/mol. The number of hydrogen-bond donors (Lipinski definition) is 0. The lowest BCUT2D eigenvalue weighted by molar-refractivity contribution is 0.413. The Morgan fingerprint density at radius 1 is 1.36 bits per heavy atom. The highest BCUT2D eigenvalue weighted by Gasteiger charge is 2.02. The maximum absolute atomic E-state index is 11.3. The molecule has 0 aromatic carbocycles. The van der Waals surface area contributed by atoms with E-state index in [1.54, 1.807) is 26.4 Å². The summed E-state index contributed by atoms with van der Waals surface area (Å²) in [6, 6.07) is 1.73. The Hall–Kier alpha value is -1.91. The number of ether oxygens (including phenoxy) is 1. The predicted molar refractivity (Wildman–Crippen MR) is 51.3 cm³/mol. The van der Waals surface area contributed by atoms with Crippen LogP contribution in [0.3, 0.4) is 0 Å². The molecule has 2 rings (SSSR count). The number of aromatic nitrogens is 3. The number of pyridine rings is 1. The summed E-state index contributed by atoms with van der Waals surface area (Å²) in [5.41, 5.74) is 1.04. The summed E-state index contributed by atoms with van der Waals surface area (Å²) in [6.07, 6.45) is 2.82. The van der Waals surface area contributed by atoms with Gasteiger partial charge in [-0.05, 0) is 0 Å². The quantitative estimate of drug-likeness (QED) is 0.652. The van der Waals surface area contributed by atoms with Crippen LogP contribution in [0.5, 0.6) is 5.75 Å². The third-order valence-electron chi connectivity index (χ3n) is 2.05. The van der Waals surface area contributed by atoms with E-state index < -0.39 is 0 Å². The van der Waals surface area contributed by atoms with Gasteiger partial charge in [0.2, 0.25) is 0 Å². The molecule has 2 aromatic heterocycles. The van der Waals surface area contributed by atoms with Gasteiger partial charge in [-0.1, -0.05) is 0 Å². The van der Waals surface area contributed by atoms with Crippen LogP contribution >= 0.6 is 0 Å². The van der Waals surface area contributed by atoms with Crippen molar-refractivity contribution in [1.82, 2.24) is 14.5 Å². The molecule has 0 saturated carbocycles. The number of methoxy groups -OCH3 is 1. The van der Waals surface area contributed by atoms with Gasteiger partial charge in [0.1, 0.15) is 5.75 Å². The Morgan fingerprint density at radius 2 is 2.07 bits per heavy atom. The Labute approximate surface area is 80.0 Å². The van der Waals surface area contributed by atoms with Crippen LogP contribution in [-0.2, 0) is 7.05 Å². The fraction of sp³-hybridized carbons (Fsp3) is 0.222. The van der Waals surface area contributed by atoms with Gasteiger partial charge in [0.25, 0.3) is 5.56 Å². The van der Waals surface area contributed by atoms with E-state index in [4.69, 9.17) is 4.74 Å². The van der Waals surface area contributed by atoms with E-state index >= 15 is 0 Å². The first kappa shape index (κ1) is 8.68. The van der Waals surface area contributed by atoms with Crippen molar-refractivity contribution in [2.24, 2.45) is 7.05 Å². The first-order valence-electron chi connectivity index (χ1n) is 4.08. The summed E-state index contributed by atoms with van der Waals surface area (Å²) in [5, 5.41) is 0. The van der Waals surface area contributed by atoms with Gasteiger partial charge >= 0.3 is 0 Å². The summed E-state index contributed by atoms with van der Waals surface area (Å²) >= 11 is 0. The van der Waals surface area contributed by atoms with E-state index in [1.165, 1.54) is 10.8 Å². The molecule has 0 radical (unpaired) electrons. The maximum atomic E-state index is 11.3. The topological polar surface area (TPSA) is 57.0 Å². The van der Waals surface area contributed by atoms with Crippen molar-refractivity contribution in [2.45, 2.75) is 0 Å². The molecular weight excluding hydrogens is 182 g/mol. The number of rotatable bonds is 1. The Balaban J connectivity index is 2.84. The molecule has 2 heterocycles. The van der Waals surface area contributed by atoms with Crippen LogP contribution in [0.4, 0.5) is 0 Å². The van der Waals surface area contributed by atoms with Crippen molar-refractivity contribution in [2.75, 3.05) is 7.11 Å². The molecule has 72 valence electrons. The minimum absolute atomic E-state index is 0.160. The molecule has 0 N–H and O–H groups in total. The standard InChI is InChI=1S/C9H9N3O2/c1-12-7-3-6(14-2)4-10-9(7)11-5-8(12)13/h3-5H,1-2H3. The van der Waals surface area contributed by atoms with Gasteiger partial charge in [0.05, 0.1) is 25.0 Å². The van der Waals surface area contributed by atoms with Crippen molar-refractivity contribution in [3.05, 3.63) is 28.8 Å². The minimum atomic E-state index is -0.160. The second kappa shape index (κ2) is 3.10. The summed E-state index contributed by atoms with van der Waals surface area (Å²) < 4.78 is 6.50. The number of aryl methyl sites for hydroxylation is 1. The molecule has 2 aromatic rings. The maximum Gasteiger partial charge on any atom is 0.269 e. The Bertz CT molecular complexity index is 533. The van der Waals surface area contributed by atoms with Crippen LogP contribution in [-0.4, -0.2) is 21.6 Å². The fourth-order valence-electron chi connectivity index (χ4n) is 1.21. The Kier molecular flexibility index (Phi) is 1.92. The van der Waals surface area contributed by atoms with Crippen LogP contribution in [0.1, 0.15) is 0 Å². The average molecular weight is 191 g/mol. The van der Waals surface area contributed by atoms with Crippen LogP contribution in [0.15, 0.2) is 23.3 Å². The smallest absolute Gasteiger partial charge is 0.269 e. The molecule has 0 aliphatic heterocycles. The third-order valence-corrected chi connectivity index (χ3v) is 2.05. The van der Waals surface area contributed by atoms with Crippen molar-refractivity contribution < 1.29 is 4.74 Å². The average Bonchev–Trinajstić information content (AvgIpc) is 2.23. The SMILES string of the molecule is COc1cnc2ncc(=O)n(C)c2c1. The first-order valence-corrected chi connectivity index (χ1v) is 4.08. The zero-order chi connectivity index (χ0) is 10.1. The highest BCUT2D eigenvalue weighted by molar-refractivity contribution is 5.71. The number of fused-ring (bicyclic) bond motifs is 1. The van der Waals surface area contributed by atoms with E-state index in [0.717, 1.165) is 0 Å². The predicted octanol–water partition coefficient (Wildman–Crippen LogP) is 0.337. The van der Waals surface area contributed by atoms with E-state index in [-0.39, 0.29) is 5.56 Å². The Morgan fingerprint density at radius 3 is 2.79 bits per heavy atom. The highest BCUT2D eigenvalue weighted by atomic mass is 16.5. The van der Waals surface area contributed by atoms with Crippen molar-refractivity contribution >= 4 is 11.2 Å². The lowest BCUT2D eigenvalue weighted by Gasteiger charge is -2.04. The summed E-state index contributed by atoms with van der Waals surface area (Å²) in [6.45, 7) is 0. The summed E-state index contributed by atoms with van der Waals surface area (Å²) in [5.74, 6) is 0.612. The van der Waals surface area contributed by atoms with E-state index in [0.29, 0.717) is 16.9 Å². The van der Waals surface area contributed by atoms with E-state index in [1.807, 2.05) is 0 Å². The van der Waals surface area contributed by atoms with Crippen LogP contribution < -0.4 is 10.3 Å². The van der Waals surface area contributed by atoms with Crippen molar-refractivity contribution in [3.63, 3.8) is 0 Å². The molecule has 0 saturated heterocycles. The minimum Gasteiger partial charge on any atom is -0.495 e. The largest absolute Gasteiger partial charge is 0.495 e. The van der Waals surface area contributed by atoms with Gasteiger partial charge in [0, 0.05) is 13.1 Å². The second-order valence-electron chi connectivity index (χ2n) is 2.87. The van der Waals surface area contributed by atoms with Gasteiger partial charge < -0.3 is 9.30 Å². The molecule has 0 aliphatic carbocycles. The molecule has 5 heteroatoms. The number of hydrogen-bond acceptors (Lipinski definition) is 4. The number of nitrogens with zero attached hydrogens (tertiary/aromatic N) is 3. The normalized spacial score (nSPS) is 10.4. The van der Waals surface area contributed by atoms with E-state index in [2.05, 4.69) is 9.97 Å². The summed E-state index contributed by atoms with van der Waals surface area (Å²) in [7, 11) is 3.23. The first-order chi connectivity index (χ1) is 6.72. The molecule has 0 fully saturated rings. The van der Waals surface area contributed by atoms with Gasteiger partial charge in [-0.15, -0.1) is 0 Å². The van der Waals surface area contributed by atoms with Crippen molar-refractivity contribution in [1.29, 1.82) is 0 Å². The summed E-state index contributed by atoms with van der Waals surface area (Å²) in [4.78, 5) is 19.2. The lowest BCUT2D eigenvalue weighted by Crippen LogP contribution is -2.16.